The Kier molecular flexibility index (Phi) is 5.44. The average molecular weight is 438 g/mol. The maximum absolute atomic E-state index is 13.3. The number of carbonyl (C=O) groups is 1. The molecule has 1 N–H and O–H groups in total. The first-order valence-corrected chi connectivity index (χ1v) is 9.78. The van der Waals surface area contributed by atoms with Crippen LogP contribution < -0.4 is 5.32 Å². The molecule has 0 bridgehead atoms. The van der Waals surface area contributed by atoms with E-state index in [0.29, 0.717) is 21.3 Å². The standard InChI is InChI=1S/C23H13F3N2O2S/c1-2-14-6-5-7-15(12-14)27-22-28-21(29)20(31-22)13-16-10-11-19(30-16)17-8-3-4-9-18(17)23(24,25)26/h1,3-13H,(H,27,28,29)/b20-13-. The number of nitrogens with zero attached hydrogens (tertiary/aromatic N) is 1. The topological polar surface area (TPSA) is 54.6 Å². The van der Waals surface area contributed by atoms with Crippen LogP contribution in [0.2, 0.25) is 0 Å². The van der Waals surface area contributed by atoms with Gasteiger partial charge in [0.1, 0.15) is 11.5 Å². The van der Waals surface area contributed by atoms with Crippen molar-refractivity contribution in [3.8, 4) is 23.7 Å². The number of furan rings is 1. The van der Waals surface area contributed by atoms with Gasteiger partial charge in [-0.05, 0) is 48.2 Å². The molecule has 4 rings (SSSR count). The Balaban J connectivity index is 1.58. The van der Waals surface area contributed by atoms with E-state index >= 15 is 0 Å². The molecule has 0 radical (unpaired) electrons. The zero-order valence-corrected chi connectivity index (χ0v) is 16.6. The van der Waals surface area contributed by atoms with Crippen LogP contribution in [0.5, 0.6) is 0 Å². The summed E-state index contributed by atoms with van der Waals surface area (Å²) in [7, 11) is 0. The van der Waals surface area contributed by atoms with E-state index in [1.165, 1.54) is 36.4 Å². The summed E-state index contributed by atoms with van der Waals surface area (Å²) in [6, 6.07) is 15.1. The van der Waals surface area contributed by atoms with Crippen LogP contribution in [0.25, 0.3) is 17.4 Å². The third-order valence-corrected chi connectivity index (χ3v) is 5.20. The summed E-state index contributed by atoms with van der Waals surface area (Å²) in [6.45, 7) is 0. The Labute approximate surface area is 179 Å². The number of nitrogens with one attached hydrogen (secondary N) is 1. The van der Waals surface area contributed by atoms with Gasteiger partial charge < -0.3 is 9.73 Å². The lowest BCUT2D eigenvalue weighted by Crippen LogP contribution is -2.19. The van der Waals surface area contributed by atoms with Crippen molar-refractivity contribution < 1.29 is 22.4 Å². The molecule has 0 atom stereocenters. The highest BCUT2D eigenvalue weighted by Crippen LogP contribution is 2.38. The number of thioether (sulfide) groups is 1. The molecule has 8 heteroatoms. The zero-order chi connectivity index (χ0) is 22.0. The highest BCUT2D eigenvalue weighted by atomic mass is 32.2. The van der Waals surface area contributed by atoms with Gasteiger partial charge >= 0.3 is 6.18 Å². The molecule has 0 aliphatic carbocycles. The fourth-order valence-corrected chi connectivity index (χ4v) is 3.73. The van der Waals surface area contributed by atoms with E-state index in [-0.39, 0.29) is 23.0 Å². The monoisotopic (exact) mass is 438 g/mol. The van der Waals surface area contributed by atoms with Gasteiger partial charge in [-0.15, -0.1) is 6.42 Å². The average Bonchev–Trinajstić information content (AvgIpc) is 3.34. The SMILES string of the molecule is C#Cc1cccc(N=C2NC(=O)/C(=C/c3ccc(-c4ccccc4C(F)(F)F)o3)S2)c1. The van der Waals surface area contributed by atoms with Gasteiger partial charge in [-0.25, -0.2) is 4.99 Å². The van der Waals surface area contributed by atoms with Crippen molar-refractivity contribution in [3.63, 3.8) is 0 Å². The van der Waals surface area contributed by atoms with E-state index in [9.17, 15) is 18.0 Å². The van der Waals surface area contributed by atoms with Crippen molar-refractivity contribution in [2.45, 2.75) is 6.18 Å². The van der Waals surface area contributed by atoms with Gasteiger partial charge in [0.05, 0.1) is 16.2 Å². The molecular weight excluding hydrogens is 425 g/mol. The van der Waals surface area contributed by atoms with Crippen LogP contribution in [0.4, 0.5) is 18.9 Å². The van der Waals surface area contributed by atoms with Crippen molar-refractivity contribution in [2.75, 3.05) is 0 Å². The normalized spacial score (nSPS) is 16.5. The summed E-state index contributed by atoms with van der Waals surface area (Å²) in [5.41, 5.74) is 0.386. The molecule has 2 heterocycles. The number of hydrogen-bond acceptors (Lipinski definition) is 4. The smallest absolute Gasteiger partial charge is 0.417 e. The van der Waals surface area contributed by atoms with Crippen LogP contribution in [0.15, 0.2) is 75.0 Å². The number of terminal acetylenes is 1. The summed E-state index contributed by atoms with van der Waals surface area (Å²) < 4.78 is 45.3. The molecule has 0 saturated carbocycles. The third-order valence-electron chi connectivity index (χ3n) is 4.29. The predicted molar refractivity (Wildman–Crippen MR) is 114 cm³/mol. The van der Waals surface area contributed by atoms with Gasteiger partial charge in [-0.3, -0.25) is 4.79 Å². The fraction of sp³-hybridized carbons (Fsp3) is 0.0435. The second-order valence-electron chi connectivity index (χ2n) is 6.42. The summed E-state index contributed by atoms with van der Waals surface area (Å²) in [6.07, 6.45) is 2.33. The van der Waals surface area contributed by atoms with Crippen LogP contribution in [-0.2, 0) is 11.0 Å². The lowest BCUT2D eigenvalue weighted by Gasteiger charge is -2.10. The highest BCUT2D eigenvalue weighted by Gasteiger charge is 2.34. The van der Waals surface area contributed by atoms with Crippen molar-refractivity contribution in [3.05, 3.63) is 82.5 Å². The van der Waals surface area contributed by atoms with Gasteiger partial charge in [0, 0.05) is 17.2 Å². The molecule has 3 aromatic rings. The molecule has 4 nitrogen and oxygen atoms in total. The maximum atomic E-state index is 13.3. The maximum Gasteiger partial charge on any atom is 0.417 e. The molecule has 1 aliphatic rings. The number of hydrogen-bond donors (Lipinski definition) is 1. The second-order valence-corrected chi connectivity index (χ2v) is 7.45. The minimum absolute atomic E-state index is 0.0585. The Morgan fingerprint density at radius 2 is 1.90 bits per heavy atom. The predicted octanol–water partition coefficient (Wildman–Crippen LogP) is 5.84. The number of halogens is 3. The minimum atomic E-state index is -4.51. The van der Waals surface area contributed by atoms with Crippen LogP contribution in [0, 0.1) is 12.3 Å². The Morgan fingerprint density at radius 3 is 2.68 bits per heavy atom. The van der Waals surface area contributed by atoms with Crippen molar-refractivity contribution in [2.24, 2.45) is 4.99 Å². The van der Waals surface area contributed by atoms with E-state index in [1.807, 2.05) is 0 Å². The molecular formula is C23H13F3N2O2S. The lowest BCUT2D eigenvalue weighted by molar-refractivity contribution is -0.137. The van der Waals surface area contributed by atoms with Crippen molar-refractivity contribution >= 4 is 34.6 Å². The number of amidine groups is 1. The number of benzene rings is 2. The molecule has 1 fully saturated rings. The van der Waals surface area contributed by atoms with Gasteiger partial charge in [0.25, 0.3) is 5.91 Å². The zero-order valence-electron chi connectivity index (χ0n) is 15.7. The molecule has 154 valence electrons. The number of alkyl halides is 3. The molecule has 0 unspecified atom stereocenters. The van der Waals surface area contributed by atoms with Crippen molar-refractivity contribution in [1.29, 1.82) is 0 Å². The Morgan fingerprint density at radius 1 is 1.10 bits per heavy atom. The minimum Gasteiger partial charge on any atom is -0.457 e. The highest BCUT2D eigenvalue weighted by molar-refractivity contribution is 8.18. The first-order chi connectivity index (χ1) is 14.8. The van der Waals surface area contributed by atoms with Crippen LogP contribution in [0.1, 0.15) is 16.9 Å². The van der Waals surface area contributed by atoms with Crippen LogP contribution in [0.3, 0.4) is 0 Å². The third kappa shape index (κ3) is 4.57. The molecule has 31 heavy (non-hydrogen) atoms. The van der Waals surface area contributed by atoms with Gasteiger partial charge in [0.2, 0.25) is 0 Å². The van der Waals surface area contributed by atoms with E-state index in [2.05, 4.69) is 16.2 Å². The fourth-order valence-electron chi connectivity index (χ4n) is 2.91. The van der Waals surface area contributed by atoms with Gasteiger partial charge in [0.15, 0.2) is 5.17 Å². The summed E-state index contributed by atoms with van der Waals surface area (Å²) >= 11 is 1.09. The summed E-state index contributed by atoms with van der Waals surface area (Å²) in [5, 5.41) is 3.00. The molecule has 0 spiro atoms. The van der Waals surface area contributed by atoms with Crippen LogP contribution in [-0.4, -0.2) is 11.1 Å². The van der Waals surface area contributed by atoms with Crippen molar-refractivity contribution in [1.82, 2.24) is 5.32 Å². The number of amides is 1. The summed E-state index contributed by atoms with van der Waals surface area (Å²) in [5.74, 6) is 2.44. The van der Waals surface area contributed by atoms with Gasteiger partial charge in [-0.1, -0.05) is 30.2 Å². The Bertz CT molecular complexity index is 1270. The summed E-state index contributed by atoms with van der Waals surface area (Å²) in [4.78, 5) is 16.9. The van der Waals surface area contributed by atoms with Crippen LogP contribution >= 0.6 is 11.8 Å². The largest absolute Gasteiger partial charge is 0.457 e. The molecule has 2 aromatic carbocycles. The first kappa shape index (κ1) is 20.6. The van der Waals surface area contributed by atoms with E-state index in [4.69, 9.17) is 10.8 Å². The number of aliphatic imine (C=N–C) groups is 1. The van der Waals surface area contributed by atoms with E-state index in [0.717, 1.165) is 17.8 Å². The number of rotatable bonds is 3. The first-order valence-electron chi connectivity index (χ1n) is 8.96. The molecule has 1 aromatic heterocycles. The van der Waals surface area contributed by atoms with Gasteiger partial charge in [-0.2, -0.15) is 13.2 Å². The molecule has 1 saturated heterocycles. The number of carbonyl (C=O) groups excluding carboxylic acids is 1. The Hall–Kier alpha value is -3.70. The quantitative estimate of drug-likeness (QED) is 0.413. The van der Waals surface area contributed by atoms with E-state index < -0.39 is 11.7 Å². The molecule has 1 amide bonds. The van der Waals surface area contributed by atoms with E-state index in [1.54, 1.807) is 24.3 Å². The molecule has 1 aliphatic heterocycles. The lowest BCUT2D eigenvalue weighted by atomic mass is 10.1. The second kappa shape index (κ2) is 8.20.